The van der Waals surface area contributed by atoms with Gasteiger partial charge >= 0.3 is 0 Å². The largest absolute Gasteiger partial charge is 0.322 e. The Kier molecular flexibility index (Phi) is 6.24. The van der Waals surface area contributed by atoms with Crippen LogP contribution in [0, 0.1) is 0 Å². The highest BCUT2D eigenvalue weighted by Gasteiger charge is 2.13. The minimum absolute atomic E-state index is 0.164. The van der Waals surface area contributed by atoms with E-state index in [0.29, 0.717) is 5.56 Å². The van der Waals surface area contributed by atoms with Crippen molar-refractivity contribution in [3.63, 3.8) is 0 Å². The van der Waals surface area contributed by atoms with E-state index in [-0.39, 0.29) is 5.91 Å². The molecule has 2 heterocycles. The van der Waals surface area contributed by atoms with Gasteiger partial charge in [-0.05, 0) is 48.7 Å². The van der Waals surface area contributed by atoms with Crippen molar-refractivity contribution in [2.75, 3.05) is 11.6 Å². The second-order valence-electron chi connectivity index (χ2n) is 5.68. The number of hydrogen-bond acceptors (Lipinski definition) is 4. The number of rotatable bonds is 4. The fraction of sp³-hybridized carbons (Fsp3) is 0.0455. The predicted octanol–water partition coefficient (Wildman–Crippen LogP) is 5.20. The zero-order chi connectivity index (χ0) is 19.9. The van der Waals surface area contributed by atoms with E-state index in [2.05, 4.69) is 23.5 Å². The fourth-order valence-electron chi connectivity index (χ4n) is 2.79. The molecule has 0 spiro atoms. The van der Waals surface area contributed by atoms with Gasteiger partial charge in [-0.1, -0.05) is 18.2 Å². The molecule has 0 saturated carbocycles. The molecular formula is C22H20N4OS. The van der Waals surface area contributed by atoms with Crippen molar-refractivity contribution >= 4 is 34.3 Å². The van der Waals surface area contributed by atoms with Crippen molar-refractivity contribution in [2.45, 2.75) is 5.03 Å². The summed E-state index contributed by atoms with van der Waals surface area (Å²) in [5.74, 6) is -0.164. The lowest BCUT2D eigenvalue weighted by Crippen LogP contribution is -2.11. The number of nitrogens with one attached hydrogen (secondary N) is 1. The van der Waals surface area contributed by atoms with Crippen molar-refractivity contribution in [1.82, 2.24) is 14.8 Å². The summed E-state index contributed by atoms with van der Waals surface area (Å²) in [7, 11) is 0. The molecule has 0 aliphatic rings. The Balaban J connectivity index is 0.00000109. The summed E-state index contributed by atoms with van der Waals surface area (Å²) in [4.78, 5) is 16.3. The first-order valence-electron chi connectivity index (χ1n) is 8.60. The second kappa shape index (κ2) is 9.01. The molecule has 140 valence electrons. The highest BCUT2D eigenvalue weighted by molar-refractivity contribution is 7.98. The van der Waals surface area contributed by atoms with Crippen LogP contribution in [0.5, 0.6) is 0 Å². The maximum atomic E-state index is 12.4. The number of carbonyl (C=O) groups excluding carboxylic acids is 1. The summed E-state index contributed by atoms with van der Waals surface area (Å²) in [5, 5.41) is 9.67. The molecule has 5 nitrogen and oxygen atoms in total. The van der Waals surface area contributed by atoms with E-state index in [1.165, 1.54) is 0 Å². The number of nitrogens with zero attached hydrogens (tertiary/aromatic N) is 3. The van der Waals surface area contributed by atoms with Crippen molar-refractivity contribution in [2.24, 2.45) is 0 Å². The standard InChI is InChI=1S/C20H16N4OS.C2H4/c1-26-20-17-8-7-15(22-19(25)14-9-11-21-12-10-14)13-18(17)24(23-20)16-5-3-2-4-6-16;1-2/h2-13H,1H3,(H,22,25);1-2H2. The summed E-state index contributed by atoms with van der Waals surface area (Å²) in [6, 6.07) is 19.2. The summed E-state index contributed by atoms with van der Waals surface area (Å²) in [5.41, 5.74) is 3.23. The molecule has 4 rings (SSSR count). The Hall–Kier alpha value is -3.38. The zero-order valence-electron chi connectivity index (χ0n) is 15.5. The van der Waals surface area contributed by atoms with E-state index in [1.807, 2.05) is 59.5 Å². The lowest BCUT2D eigenvalue weighted by Gasteiger charge is -2.07. The summed E-state index contributed by atoms with van der Waals surface area (Å²) in [6.45, 7) is 6.00. The van der Waals surface area contributed by atoms with E-state index in [9.17, 15) is 4.79 Å². The maximum absolute atomic E-state index is 12.4. The van der Waals surface area contributed by atoms with E-state index in [0.717, 1.165) is 27.3 Å². The molecule has 0 aliphatic heterocycles. The van der Waals surface area contributed by atoms with Gasteiger partial charge in [-0.15, -0.1) is 24.9 Å². The van der Waals surface area contributed by atoms with Gasteiger partial charge in [0.05, 0.1) is 11.2 Å². The molecule has 28 heavy (non-hydrogen) atoms. The first-order chi connectivity index (χ1) is 13.8. The van der Waals surface area contributed by atoms with Gasteiger partial charge in [-0.2, -0.15) is 5.10 Å². The first-order valence-corrected chi connectivity index (χ1v) is 9.82. The fourth-order valence-corrected chi connectivity index (χ4v) is 3.34. The smallest absolute Gasteiger partial charge is 0.255 e. The van der Waals surface area contributed by atoms with E-state index >= 15 is 0 Å². The Morgan fingerprint density at radius 3 is 2.43 bits per heavy atom. The molecular weight excluding hydrogens is 368 g/mol. The van der Waals surface area contributed by atoms with Crippen molar-refractivity contribution in [3.05, 3.63) is 91.8 Å². The lowest BCUT2D eigenvalue weighted by molar-refractivity contribution is 0.102. The third-order valence-corrected chi connectivity index (χ3v) is 4.73. The normalized spacial score (nSPS) is 10.2. The van der Waals surface area contributed by atoms with Crippen LogP contribution in [0.4, 0.5) is 5.69 Å². The molecule has 4 aromatic rings. The Bertz CT molecular complexity index is 1080. The summed E-state index contributed by atoms with van der Waals surface area (Å²) >= 11 is 1.60. The van der Waals surface area contributed by atoms with Gasteiger partial charge in [0.25, 0.3) is 5.91 Å². The number of aromatic nitrogens is 3. The van der Waals surface area contributed by atoms with Crippen LogP contribution in [-0.2, 0) is 0 Å². The van der Waals surface area contributed by atoms with E-state index in [1.54, 1.807) is 36.3 Å². The number of anilines is 1. The molecule has 1 amide bonds. The van der Waals surface area contributed by atoms with E-state index < -0.39 is 0 Å². The molecule has 0 aliphatic carbocycles. The number of fused-ring (bicyclic) bond motifs is 1. The van der Waals surface area contributed by atoms with Gasteiger partial charge in [-0.25, -0.2) is 4.68 Å². The number of thioether (sulfide) groups is 1. The van der Waals surface area contributed by atoms with Crippen LogP contribution in [0.15, 0.2) is 91.2 Å². The van der Waals surface area contributed by atoms with Crippen LogP contribution in [0.3, 0.4) is 0 Å². The highest BCUT2D eigenvalue weighted by Crippen LogP contribution is 2.30. The Morgan fingerprint density at radius 1 is 1.04 bits per heavy atom. The van der Waals surface area contributed by atoms with Crippen molar-refractivity contribution in [1.29, 1.82) is 0 Å². The monoisotopic (exact) mass is 388 g/mol. The molecule has 2 aromatic carbocycles. The molecule has 1 N–H and O–H groups in total. The minimum Gasteiger partial charge on any atom is -0.322 e. The lowest BCUT2D eigenvalue weighted by atomic mass is 10.2. The molecule has 6 heteroatoms. The quantitative estimate of drug-likeness (QED) is 0.386. The third-order valence-electron chi connectivity index (χ3n) is 4.04. The molecule has 2 aromatic heterocycles. The minimum atomic E-state index is -0.164. The first kappa shape index (κ1) is 19.4. The number of benzene rings is 2. The number of para-hydroxylation sites is 1. The molecule has 0 radical (unpaired) electrons. The van der Waals surface area contributed by atoms with Crippen LogP contribution in [0.2, 0.25) is 0 Å². The summed E-state index contributed by atoms with van der Waals surface area (Å²) < 4.78 is 1.91. The Labute approximate surface area is 168 Å². The molecule has 0 bridgehead atoms. The molecule has 0 atom stereocenters. The van der Waals surface area contributed by atoms with Crippen LogP contribution < -0.4 is 5.32 Å². The summed E-state index contributed by atoms with van der Waals surface area (Å²) in [6.07, 6.45) is 5.22. The maximum Gasteiger partial charge on any atom is 0.255 e. The average molecular weight is 388 g/mol. The zero-order valence-corrected chi connectivity index (χ0v) is 16.3. The average Bonchev–Trinajstić information content (AvgIpc) is 3.14. The van der Waals surface area contributed by atoms with Gasteiger partial charge in [-0.3, -0.25) is 9.78 Å². The number of amides is 1. The molecule has 0 unspecified atom stereocenters. The van der Waals surface area contributed by atoms with Gasteiger partial charge in [0.15, 0.2) is 0 Å². The van der Waals surface area contributed by atoms with Gasteiger partial charge in [0.1, 0.15) is 5.03 Å². The Morgan fingerprint density at radius 2 is 1.75 bits per heavy atom. The predicted molar refractivity (Wildman–Crippen MR) is 116 cm³/mol. The van der Waals surface area contributed by atoms with Crippen LogP contribution in [0.1, 0.15) is 10.4 Å². The number of carbonyl (C=O) groups is 1. The number of hydrogen-bond donors (Lipinski definition) is 1. The van der Waals surface area contributed by atoms with Crippen molar-refractivity contribution < 1.29 is 4.79 Å². The van der Waals surface area contributed by atoms with E-state index in [4.69, 9.17) is 5.10 Å². The van der Waals surface area contributed by atoms with Gasteiger partial charge in [0.2, 0.25) is 0 Å². The van der Waals surface area contributed by atoms with Crippen molar-refractivity contribution in [3.8, 4) is 5.69 Å². The van der Waals surface area contributed by atoms with Crippen LogP contribution in [-0.4, -0.2) is 26.9 Å². The van der Waals surface area contributed by atoms with Gasteiger partial charge < -0.3 is 5.32 Å². The SMILES string of the molecule is C=C.CSc1nn(-c2ccccc2)c2cc(NC(=O)c3ccncc3)ccc12. The number of pyridine rings is 1. The topological polar surface area (TPSA) is 59.8 Å². The second-order valence-corrected chi connectivity index (χ2v) is 6.47. The van der Waals surface area contributed by atoms with Crippen LogP contribution >= 0.6 is 11.8 Å². The third kappa shape index (κ3) is 3.97. The molecule has 0 fully saturated rings. The highest BCUT2D eigenvalue weighted by atomic mass is 32.2. The van der Waals surface area contributed by atoms with Gasteiger partial charge in [0, 0.05) is 29.0 Å². The van der Waals surface area contributed by atoms with Crippen LogP contribution in [0.25, 0.3) is 16.6 Å². The molecule has 0 saturated heterocycles.